The first-order valence-electron chi connectivity index (χ1n) is 5.96. The molecule has 0 aromatic heterocycles. The first-order chi connectivity index (χ1) is 9.52. The summed E-state index contributed by atoms with van der Waals surface area (Å²) in [5.74, 6) is -1.53. The monoisotopic (exact) mass is 279 g/mol. The van der Waals surface area contributed by atoms with Crippen molar-refractivity contribution in [3.8, 4) is 5.75 Å². The van der Waals surface area contributed by atoms with Crippen molar-refractivity contribution in [2.24, 2.45) is 0 Å². The van der Waals surface area contributed by atoms with E-state index in [1.165, 1.54) is 7.11 Å². The molecule has 20 heavy (non-hydrogen) atoms. The van der Waals surface area contributed by atoms with Gasteiger partial charge in [0.25, 0.3) is 5.91 Å². The van der Waals surface area contributed by atoms with Crippen molar-refractivity contribution in [2.45, 2.75) is 19.3 Å². The normalized spacial score (nSPS) is 9.65. The van der Waals surface area contributed by atoms with Crippen LogP contribution in [0.2, 0.25) is 0 Å². The molecule has 0 bridgehead atoms. The third kappa shape index (κ3) is 5.38. The third-order valence-corrected chi connectivity index (χ3v) is 2.45. The van der Waals surface area contributed by atoms with Crippen LogP contribution in [0.1, 0.15) is 29.6 Å². The zero-order valence-corrected chi connectivity index (χ0v) is 11.0. The molecule has 0 aliphatic carbocycles. The molecule has 2 amide bonds. The number of hydrazine groups is 1. The standard InChI is InChI=1S/C13H16N2O5/c1-20-10-7-5-9(6-8-10)13(19)15-14-11(16)3-2-4-12(17)18/h5-8H,2-4H2,1H3,(H,14,16)(H,15,19)(H,17,18)/p-1. The Labute approximate surface area is 115 Å². The van der Waals surface area contributed by atoms with Gasteiger partial charge in [0, 0.05) is 18.0 Å². The Hall–Kier alpha value is -2.57. The second kappa shape index (κ2) is 7.78. The Morgan fingerprint density at radius 3 is 2.30 bits per heavy atom. The summed E-state index contributed by atoms with van der Waals surface area (Å²) >= 11 is 0. The van der Waals surface area contributed by atoms with Gasteiger partial charge in [-0.15, -0.1) is 0 Å². The van der Waals surface area contributed by atoms with Gasteiger partial charge >= 0.3 is 0 Å². The largest absolute Gasteiger partial charge is 0.550 e. The van der Waals surface area contributed by atoms with Crippen molar-refractivity contribution in [1.29, 1.82) is 0 Å². The topological polar surface area (TPSA) is 108 Å². The quantitative estimate of drug-likeness (QED) is 0.674. The number of benzene rings is 1. The predicted molar refractivity (Wildman–Crippen MR) is 67.5 cm³/mol. The fraction of sp³-hybridized carbons (Fsp3) is 0.308. The Morgan fingerprint density at radius 1 is 1.10 bits per heavy atom. The van der Waals surface area contributed by atoms with Gasteiger partial charge in [0.2, 0.25) is 5.91 Å². The van der Waals surface area contributed by atoms with Crippen LogP contribution in [0.5, 0.6) is 5.75 Å². The molecule has 0 atom stereocenters. The first kappa shape index (κ1) is 15.5. The highest BCUT2D eigenvalue weighted by molar-refractivity contribution is 5.95. The minimum absolute atomic E-state index is 0.00310. The zero-order valence-electron chi connectivity index (χ0n) is 11.0. The molecule has 0 unspecified atom stereocenters. The second-order valence-electron chi connectivity index (χ2n) is 3.96. The van der Waals surface area contributed by atoms with E-state index in [2.05, 4.69) is 10.9 Å². The molecule has 0 radical (unpaired) electrons. The van der Waals surface area contributed by atoms with Gasteiger partial charge in [-0.3, -0.25) is 20.4 Å². The van der Waals surface area contributed by atoms with Gasteiger partial charge in [-0.05, 0) is 37.1 Å². The van der Waals surface area contributed by atoms with Crippen LogP contribution in [-0.4, -0.2) is 24.9 Å². The van der Waals surface area contributed by atoms with Gasteiger partial charge in [-0.25, -0.2) is 0 Å². The van der Waals surface area contributed by atoms with Crippen LogP contribution in [0, 0.1) is 0 Å². The molecule has 0 fully saturated rings. The lowest BCUT2D eigenvalue weighted by atomic mass is 10.2. The highest BCUT2D eigenvalue weighted by Gasteiger charge is 2.07. The Balaban J connectivity index is 2.34. The lowest BCUT2D eigenvalue weighted by Gasteiger charge is -2.08. The molecule has 0 spiro atoms. The van der Waals surface area contributed by atoms with Crippen LogP contribution in [0.4, 0.5) is 0 Å². The van der Waals surface area contributed by atoms with Gasteiger partial charge in [0.05, 0.1) is 7.11 Å². The van der Waals surface area contributed by atoms with E-state index in [-0.39, 0.29) is 19.3 Å². The van der Waals surface area contributed by atoms with Crippen molar-refractivity contribution in [3.05, 3.63) is 29.8 Å². The maximum absolute atomic E-state index is 11.7. The van der Waals surface area contributed by atoms with E-state index in [0.717, 1.165) is 0 Å². The smallest absolute Gasteiger partial charge is 0.269 e. The molecule has 1 aromatic carbocycles. The Morgan fingerprint density at radius 2 is 1.75 bits per heavy atom. The summed E-state index contributed by atoms with van der Waals surface area (Å²) in [4.78, 5) is 33.1. The SMILES string of the molecule is COc1ccc(C(=O)NNC(=O)CCCC(=O)[O-])cc1. The summed E-state index contributed by atoms with van der Waals surface area (Å²) in [6.45, 7) is 0. The van der Waals surface area contributed by atoms with Gasteiger partial charge in [0.15, 0.2) is 0 Å². The third-order valence-electron chi connectivity index (χ3n) is 2.45. The van der Waals surface area contributed by atoms with Crippen LogP contribution >= 0.6 is 0 Å². The number of nitrogens with one attached hydrogen (secondary N) is 2. The fourth-order valence-corrected chi connectivity index (χ4v) is 1.40. The molecular weight excluding hydrogens is 264 g/mol. The van der Waals surface area contributed by atoms with E-state index in [0.29, 0.717) is 11.3 Å². The van der Waals surface area contributed by atoms with Crippen LogP contribution in [0.3, 0.4) is 0 Å². The van der Waals surface area contributed by atoms with Crippen LogP contribution in [0.15, 0.2) is 24.3 Å². The fourth-order valence-electron chi connectivity index (χ4n) is 1.40. The molecule has 1 aromatic rings. The molecule has 0 aliphatic heterocycles. The van der Waals surface area contributed by atoms with Gasteiger partial charge in [-0.1, -0.05) is 0 Å². The lowest BCUT2D eigenvalue weighted by Crippen LogP contribution is -2.41. The summed E-state index contributed by atoms with van der Waals surface area (Å²) in [5, 5.41) is 10.2. The maximum Gasteiger partial charge on any atom is 0.269 e. The first-order valence-corrected chi connectivity index (χ1v) is 5.96. The van der Waals surface area contributed by atoms with Crippen LogP contribution < -0.4 is 20.7 Å². The maximum atomic E-state index is 11.7. The number of hydrogen-bond donors (Lipinski definition) is 2. The molecule has 7 nitrogen and oxygen atoms in total. The average Bonchev–Trinajstić information content (AvgIpc) is 2.44. The molecule has 7 heteroatoms. The van der Waals surface area contributed by atoms with E-state index in [9.17, 15) is 19.5 Å². The van der Waals surface area contributed by atoms with Gasteiger partial charge in [-0.2, -0.15) is 0 Å². The van der Waals surface area contributed by atoms with Crippen molar-refractivity contribution in [1.82, 2.24) is 10.9 Å². The predicted octanol–water partition coefficient (Wildman–Crippen LogP) is -0.624. The summed E-state index contributed by atoms with van der Waals surface area (Å²) in [6.07, 6.45) is -0.0384. The van der Waals surface area contributed by atoms with E-state index >= 15 is 0 Å². The van der Waals surface area contributed by atoms with Crippen molar-refractivity contribution in [3.63, 3.8) is 0 Å². The minimum atomic E-state index is -1.21. The highest BCUT2D eigenvalue weighted by atomic mass is 16.5. The highest BCUT2D eigenvalue weighted by Crippen LogP contribution is 2.10. The number of hydrogen-bond acceptors (Lipinski definition) is 5. The number of carboxylic acid groups (broad SMARTS) is 1. The van der Waals surface area contributed by atoms with Gasteiger partial charge in [0.1, 0.15) is 5.75 Å². The average molecular weight is 279 g/mol. The molecule has 0 heterocycles. The molecule has 108 valence electrons. The second-order valence-corrected chi connectivity index (χ2v) is 3.96. The molecule has 0 saturated carbocycles. The summed E-state index contributed by atoms with van der Waals surface area (Å²) in [6, 6.07) is 6.35. The van der Waals surface area contributed by atoms with Crippen LogP contribution in [0.25, 0.3) is 0 Å². The molecule has 2 N–H and O–H groups in total. The van der Waals surface area contributed by atoms with Crippen LogP contribution in [-0.2, 0) is 9.59 Å². The van der Waals surface area contributed by atoms with E-state index in [4.69, 9.17) is 4.74 Å². The van der Waals surface area contributed by atoms with E-state index in [1.807, 2.05) is 0 Å². The number of rotatable bonds is 6. The molecule has 0 aliphatic rings. The Bertz CT molecular complexity index is 484. The summed E-state index contributed by atoms with van der Waals surface area (Å²) < 4.78 is 4.96. The molecule has 0 saturated heterocycles. The number of amides is 2. The number of ether oxygens (including phenoxy) is 1. The summed E-state index contributed by atoms with van der Waals surface area (Å²) in [7, 11) is 1.52. The summed E-state index contributed by atoms with van der Waals surface area (Å²) in [5.41, 5.74) is 4.79. The van der Waals surface area contributed by atoms with Gasteiger partial charge < -0.3 is 14.6 Å². The number of carbonyl (C=O) groups excluding carboxylic acids is 3. The van der Waals surface area contributed by atoms with E-state index in [1.54, 1.807) is 24.3 Å². The number of methoxy groups -OCH3 is 1. The Kier molecular flexibility index (Phi) is 6.02. The van der Waals surface area contributed by atoms with Crippen molar-refractivity contribution >= 4 is 17.8 Å². The van der Waals surface area contributed by atoms with E-state index < -0.39 is 17.8 Å². The number of aliphatic carboxylic acids is 1. The number of carboxylic acids is 1. The molecular formula is C13H15N2O5-. The zero-order chi connectivity index (χ0) is 15.0. The molecule has 1 rings (SSSR count). The minimum Gasteiger partial charge on any atom is -0.550 e. The lowest BCUT2D eigenvalue weighted by molar-refractivity contribution is -0.305. The van der Waals surface area contributed by atoms with Crippen molar-refractivity contribution in [2.75, 3.05) is 7.11 Å². The van der Waals surface area contributed by atoms with Crippen molar-refractivity contribution < 1.29 is 24.2 Å². The number of carbonyl (C=O) groups is 3.